The molecule has 0 spiro atoms. The molecule has 0 atom stereocenters. The van der Waals surface area contributed by atoms with Crippen molar-refractivity contribution < 1.29 is 91.0 Å². The van der Waals surface area contributed by atoms with Crippen molar-refractivity contribution in [3.63, 3.8) is 0 Å². The number of nitrogens with zero attached hydrogens (tertiary/aromatic N) is 26. The molecule has 4 aliphatic heterocycles. The summed E-state index contributed by atoms with van der Waals surface area (Å²) >= 11 is 0. The molecule has 0 unspecified atom stereocenters. The summed E-state index contributed by atoms with van der Waals surface area (Å²) in [6, 6.07) is 21.2. The smallest absolute Gasteiger partial charge is 0.444 e. The number of aromatic amines is 1. The Labute approximate surface area is 876 Å². The van der Waals surface area contributed by atoms with Crippen LogP contribution in [0.1, 0.15) is 74.7 Å². The third kappa shape index (κ3) is 34.7. The molecule has 4 fully saturated rings. The number of carbonyl (C=O) groups excluding carboxylic acids is 2. The Morgan fingerprint density at radius 2 is 0.782 bits per heavy atom. The van der Waals surface area contributed by atoms with Crippen molar-refractivity contribution in [1.29, 1.82) is 21.0 Å². The van der Waals surface area contributed by atoms with Gasteiger partial charge in [0.25, 0.3) is 0 Å². The molecule has 0 aliphatic carbocycles. The molecule has 40 nitrogen and oxygen atoms in total. The predicted molar refractivity (Wildman–Crippen MR) is 561 cm³/mol. The van der Waals surface area contributed by atoms with E-state index in [0.29, 0.717) is 59.5 Å². The first kappa shape index (κ1) is 119. The van der Waals surface area contributed by atoms with E-state index in [1.807, 2.05) is 151 Å². The van der Waals surface area contributed by atoms with Gasteiger partial charge in [-0.1, -0.05) is 85.5 Å². The van der Waals surface area contributed by atoms with Gasteiger partial charge in [-0.15, -0.1) is 0 Å². The summed E-state index contributed by atoms with van der Waals surface area (Å²) in [4.78, 5) is 62.7. The molecule has 2 N–H and O–H groups in total. The van der Waals surface area contributed by atoms with Crippen molar-refractivity contribution in [2.24, 2.45) is 0 Å². The standard InChI is InChI=1S/C25H35N7O3Si.C22H31N7O3SSi.C20H27N7OSi.C15H21N5OSi.C10H14N2O2.C2H5ClO2S.BF4.Li/c1-24(2,3)35-23(33)31-15-25(16-31,8-9-26)32-14-19(13-29-32)21-20-7-10-30(22(20)28-17-27-21)18-34-11-12-36(4,5)6;1-5-33(30,31)28-14-22(15-28,7-8-23)29-13-18(12-26-29)20-19-6-9-27(21(19)25-16-24-20)17-32-10-11-34(2,3)4;1-29(2,3)9-8-28-15-26-7-4-17-18(23-14-24-19(17)26)16-10-25-27(11-16)20(5-6-21)12-22-13-20;1-22(2,3)7-6-21-11-20-5-4-13-14(12-8-18-19-9-12)16-10-17-15(13)20;1-10(2,3)14-9(13)12-6-8(7-12)4-5-11;1-2-6(3,4)5;2-1(3,4)5;/h7,10,13-14,17H,8,11-12,15-16,18H2,1-6H3;6,9,12-13,16H,5,7,10-11,14-15,17H2,1-4H3;4,7,10-11,14,22H,5,8-9,12-13,15H2,1-3H3;4-5,8-10H,6-7,11H2,1-3H3,(H,18,19);4H,6-7H2,1-3H3;2H2,1H3;;/q;;;;;;-1;+1. The second-order valence-electron chi connectivity index (χ2n) is 42.8. The Balaban J connectivity index is 0.000000203. The van der Waals surface area contributed by atoms with E-state index >= 15 is 0 Å². The zero-order valence-electron chi connectivity index (χ0n) is 87.6. The average Bonchev–Trinajstić information content (AvgIpc) is 1.69. The predicted octanol–water partition coefficient (Wildman–Crippen LogP) is 13.9. The van der Waals surface area contributed by atoms with Gasteiger partial charge < -0.3 is 79.1 Å². The second-order valence-corrected chi connectivity index (χ2v) is 70.6. The monoisotopic (exact) mass is 2150 g/mol. The van der Waals surface area contributed by atoms with Gasteiger partial charge in [-0.2, -0.15) is 45.7 Å². The van der Waals surface area contributed by atoms with Gasteiger partial charge >= 0.3 is 38.3 Å². The van der Waals surface area contributed by atoms with E-state index in [4.69, 9.17) is 33.7 Å². The van der Waals surface area contributed by atoms with E-state index in [-0.39, 0.29) is 74.0 Å². The molecular formula is C94H133BClF4LiN28O12S2Si4. The van der Waals surface area contributed by atoms with Crippen LogP contribution in [0.4, 0.5) is 26.9 Å². The SMILES string of the molecule is CC(C)(C)OC(=O)N1CC(=CC#N)C1.CC(C)(C)OC(=O)N1CC(CC#N)(n2cc(-c3ncnc4c3ccn4COCC[Si](C)(C)C)cn2)C1.CCS(=O)(=O)Cl.CCS(=O)(=O)N1CC(CC#N)(n2cc(-c3ncnc4c3ccn4COCC[Si](C)(C)C)cn2)C1.C[Si](C)(C)CCOCn1ccc2c(-c3cn[nH]c3)ncnc21.C[Si](C)(C)CCOCn1ccc2c(-c3cnn(C4(CC#N)CNC4)c3)ncnc21.F[B-](F)(F)F.[Li+]. The van der Waals surface area contributed by atoms with Crippen LogP contribution in [0.15, 0.2) is 136 Å². The van der Waals surface area contributed by atoms with E-state index in [1.165, 1.54) is 29.7 Å². The molecule has 16 rings (SSSR count). The minimum absolute atomic E-state index is 0. The van der Waals surface area contributed by atoms with Crippen LogP contribution < -0.4 is 24.2 Å². The molecule has 53 heteroatoms. The summed E-state index contributed by atoms with van der Waals surface area (Å²) < 4.78 is 132. The molecule has 16 heterocycles. The number of fused-ring (bicyclic) bond motifs is 4. The molecular weight excluding hydrogens is 2020 g/mol. The number of carbonyl (C=O) groups is 2. The molecule has 0 aromatic carbocycles. The molecule has 4 saturated heterocycles. The number of H-pyrrole nitrogens is 1. The summed E-state index contributed by atoms with van der Waals surface area (Å²) in [5.74, 6) is 0.0479. The normalized spacial score (nSPS) is 14.9. The number of aromatic nitrogens is 20. The summed E-state index contributed by atoms with van der Waals surface area (Å²) in [6.07, 6.45) is 30.4. The zero-order chi connectivity index (χ0) is 107. The summed E-state index contributed by atoms with van der Waals surface area (Å²) in [6.45, 7) is 50.8. The first-order valence-electron chi connectivity index (χ1n) is 47.7. The van der Waals surface area contributed by atoms with Crippen molar-refractivity contribution >= 4 is 126 Å². The maximum atomic E-state index is 12.4. The van der Waals surface area contributed by atoms with Crippen molar-refractivity contribution in [3.8, 4) is 69.3 Å². The number of sulfonamides is 1. The van der Waals surface area contributed by atoms with Crippen LogP contribution in [-0.4, -0.2) is 282 Å². The van der Waals surface area contributed by atoms with Gasteiger partial charge in [0.2, 0.25) is 19.1 Å². The number of ether oxygens (including phenoxy) is 6. The van der Waals surface area contributed by atoms with Crippen molar-refractivity contribution in [2.45, 2.75) is 232 Å². The van der Waals surface area contributed by atoms with Crippen LogP contribution in [0.2, 0.25) is 103 Å². The first-order chi connectivity index (χ1) is 68.4. The largest absolute Gasteiger partial charge is 1.00 e. The van der Waals surface area contributed by atoms with Gasteiger partial charge in [-0.05, 0) is 102 Å². The van der Waals surface area contributed by atoms with E-state index in [0.717, 1.165) is 152 Å². The van der Waals surface area contributed by atoms with E-state index in [2.05, 4.69) is 178 Å². The fourth-order valence-corrected chi connectivity index (χ4v) is 19.4. The van der Waals surface area contributed by atoms with Crippen LogP contribution in [0.3, 0.4) is 0 Å². The van der Waals surface area contributed by atoms with Crippen LogP contribution in [0.25, 0.3) is 89.2 Å². The molecule has 12 aromatic heterocycles. The number of allylic oxidation sites excluding steroid dienone is 1. The molecule has 0 bridgehead atoms. The Hall–Kier alpha value is -11.2. The molecule has 147 heavy (non-hydrogen) atoms. The Morgan fingerprint density at radius 3 is 1.05 bits per heavy atom. The minimum atomic E-state index is -6.00. The van der Waals surface area contributed by atoms with Crippen molar-refractivity contribution in [3.05, 3.63) is 136 Å². The summed E-state index contributed by atoms with van der Waals surface area (Å²) in [5, 5.41) is 63.8. The maximum Gasteiger partial charge on any atom is 1.00 e. The fraction of sp³-hybridized carbons (Fsp3) is 0.532. The third-order valence-corrected chi connectivity index (χ3v) is 33.4. The van der Waals surface area contributed by atoms with Gasteiger partial charge in [0.15, 0.2) is 0 Å². The number of halogens is 5. The van der Waals surface area contributed by atoms with Gasteiger partial charge in [0.05, 0.1) is 116 Å². The fourth-order valence-electron chi connectivity index (χ4n) is 15.1. The summed E-state index contributed by atoms with van der Waals surface area (Å²) in [5.41, 5.74) is 8.50. The van der Waals surface area contributed by atoms with E-state index in [1.54, 1.807) is 63.7 Å². The Morgan fingerprint density at radius 1 is 0.476 bits per heavy atom. The molecule has 0 saturated carbocycles. The summed E-state index contributed by atoms with van der Waals surface area (Å²) in [7, 11) is -12.2. The molecule has 0 radical (unpaired) electrons. The number of hydrogen-bond donors (Lipinski definition) is 2. The van der Waals surface area contributed by atoms with Crippen molar-refractivity contribution in [2.75, 3.05) is 90.3 Å². The number of hydrogen-bond acceptors (Lipinski definition) is 29. The number of amides is 2. The average molecular weight is 2150 g/mol. The second kappa shape index (κ2) is 50.8. The van der Waals surface area contributed by atoms with Gasteiger partial charge in [-0.3, -0.25) is 19.1 Å². The molecule has 2 amide bonds. The Bertz CT molecular complexity index is 6850. The van der Waals surface area contributed by atoms with Crippen LogP contribution in [-0.2, 0) is 91.0 Å². The van der Waals surface area contributed by atoms with Crippen molar-refractivity contribution in [1.82, 2.24) is 117 Å². The van der Waals surface area contributed by atoms with E-state index < -0.39 is 80.9 Å². The van der Waals surface area contributed by atoms with Gasteiger partial charge in [0.1, 0.15) is 103 Å². The number of likely N-dealkylation sites (tertiary alicyclic amines) is 2. The van der Waals surface area contributed by atoms with Crippen LogP contribution >= 0.6 is 10.7 Å². The topological polar surface area (TPSA) is 480 Å². The number of nitrogens with one attached hydrogen (secondary N) is 2. The van der Waals surface area contributed by atoms with Gasteiger partial charge in [-0.25, -0.2) is 66.3 Å². The maximum absolute atomic E-state index is 12.4. The number of nitriles is 4. The molecule has 12 aromatic rings. The van der Waals surface area contributed by atoms with Crippen LogP contribution in [0.5, 0.6) is 0 Å². The molecule has 4 aliphatic rings. The minimum Gasteiger partial charge on any atom is -0.444 e. The first-order valence-corrected chi connectivity index (χ1v) is 66.6. The molecule has 788 valence electrons. The van der Waals surface area contributed by atoms with Gasteiger partial charge in [0, 0.05) is 208 Å². The Kier molecular flexibility index (Phi) is 41.3. The quantitative estimate of drug-likeness (QED) is 0.0127. The number of rotatable bonds is 33. The van der Waals surface area contributed by atoms with Crippen LogP contribution in [0, 0.1) is 45.3 Å². The third-order valence-electron chi connectivity index (χ3n) is 23.4. The van der Waals surface area contributed by atoms with E-state index in [9.17, 15) is 59.5 Å². The zero-order valence-corrected chi connectivity index (χ0v) is 94.0.